The Balaban J connectivity index is 0.00000256. The van der Waals surface area contributed by atoms with E-state index in [1.807, 2.05) is 0 Å². The average Bonchev–Trinajstić information content (AvgIpc) is 2.16. The Morgan fingerprint density at radius 1 is 1.18 bits per heavy atom. The molecule has 0 aliphatic rings. The number of Topliss-reactive ketones (excluding diaryl/α,β-unsaturated/α-hetero) is 2. The van der Waals surface area contributed by atoms with Crippen molar-refractivity contribution in [1.82, 2.24) is 0 Å². The number of para-hydroxylation sites is 1. The molecule has 0 heterocycles. The third-order valence-corrected chi connectivity index (χ3v) is 2.09. The normalized spacial score (nSPS) is 11.1. The van der Waals surface area contributed by atoms with E-state index in [9.17, 15) is 19.5 Å². The summed E-state index contributed by atoms with van der Waals surface area (Å²) >= 11 is 0. The van der Waals surface area contributed by atoms with Crippen LogP contribution in [0.3, 0.4) is 0 Å². The van der Waals surface area contributed by atoms with Gasteiger partial charge >= 0.3 is 5.97 Å². The molecule has 17 heavy (non-hydrogen) atoms. The predicted octanol–water partition coefficient (Wildman–Crippen LogP) is 0.484. The molecule has 1 aromatic rings. The van der Waals surface area contributed by atoms with E-state index in [1.165, 1.54) is 24.3 Å². The molecule has 2 N–H and O–H groups in total. The summed E-state index contributed by atoms with van der Waals surface area (Å²) < 4.78 is 0. The van der Waals surface area contributed by atoms with Crippen molar-refractivity contribution >= 4 is 47.1 Å². The molecule has 5 nitrogen and oxygen atoms in total. The zero-order valence-electron chi connectivity index (χ0n) is 9.51. The van der Waals surface area contributed by atoms with Gasteiger partial charge in [0.1, 0.15) is 5.75 Å². The smallest absolute Gasteiger partial charge is 0.322 e. The fourth-order valence-electron chi connectivity index (χ4n) is 1.31. The van der Waals surface area contributed by atoms with Gasteiger partial charge in [-0.3, -0.25) is 14.4 Å². The standard InChI is InChI=1S/C11H10O5.Na/c1-6(12)9(11(15)16)10(14)7-4-2-3-5-8(7)13;/h2-5,9,13H,1H3,(H,15,16);. The zero-order valence-corrected chi connectivity index (χ0v) is 11.5. The van der Waals surface area contributed by atoms with E-state index in [1.54, 1.807) is 0 Å². The number of rotatable bonds is 4. The third-order valence-electron chi connectivity index (χ3n) is 2.09. The number of carbonyl (C=O) groups excluding carboxylic acids is 2. The third kappa shape index (κ3) is 3.66. The average molecular weight is 245 g/mol. The number of aliphatic carboxylic acids is 1. The van der Waals surface area contributed by atoms with Gasteiger partial charge in [0.25, 0.3) is 0 Å². The van der Waals surface area contributed by atoms with Crippen LogP contribution in [0.2, 0.25) is 0 Å². The number of carbonyl (C=O) groups is 3. The molecular weight excluding hydrogens is 235 g/mol. The van der Waals surface area contributed by atoms with Gasteiger partial charge < -0.3 is 10.2 Å². The second-order valence-electron chi connectivity index (χ2n) is 3.26. The Hall–Kier alpha value is -1.17. The minimum atomic E-state index is -1.76. The van der Waals surface area contributed by atoms with E-state index in [-0.39, 0.29) is 40.9 Å². The largest absolute Gasteiger partial charge is 0.507 e. The number of aromatic hydroxyl groups is 1. The summed E-state index contributed by atoms with van der Waals surface area (Å²) in [6.45, 7) is 1.02. The van der Waals surface area contributed by atoms with Crippen LogP contribution >= 0.6 is 0 Å². The summed E-state index contributed by atoms with van der Waals surface area (Å²) in [4.78, 5) is 33.5. The molecule has 0 saturated carbocycles. The first kappa shape index (κ1) is 15.8. The Bertz CT molecular complexity index is 441. The van der Waals surface area contributed by atoms with E-state index >= 15 is 0 Å². The Morgan fingerprint density at radius 2 is 1.71 bits per heavy atom. The topological polar surface area (TPSA) is 91.7 Å². The van der Waals surface area contributed by atoms with Crippen molar-refractivity contribution in [2.45, 2.75) is 6.92 Å². The SMILES string of the molecule is CC(=O)C(C(=O)O)C(=O)c1ccccc1O.[Na]. The minimum Gasteiger partial charge on any atom is -0.507 e. The first-order chi connectivity index (χ1) is 7.45. The number of hydrogen-bond donors (Lipinski definition) is 2. The summed E-state index contributed by atoms with van der Waals surface area (Å²) in [5.41, 5.74) is -0.162. The van der Waals surface area contributed by atoms with Crippen LogP contribution in [0.15, 0.2) is 24.3 Å². The molecule has 6 heteroatoms. The van der Waals surface area contributed by atoms with E-state index < -0.39 is 23.5 Å². The molecule has 0 aliphatic carbocycles. The maximum atomic E-state index is 11.7. The molecule has 1 aromatic carbocycles. The van der Waals surface area contributed by atoms with Crippen LogP contribution in [0.5, 0.6) is 5.75 Å². The number of phenols is 1. The molecule has 0 spiro atoms. The monoisotopic (exact) mass is 245 g/mol. The van der Waals surface area contributed by atoms with E-state index in [0.717, 1.165) is 6.92 Å². The molecule has 0 amide bonds. The van der Waals surface area contributed by atoms with Crippen LogP contribution in [0.4, 0.5) is 0 Å². The molecule has 0 aromatic heterocycles. The number of carboxylic acid groups (broad SMARTS) is 1. The van der Waals surface area contributed by atoms with Crippen molar-refractivity contribution in [2.24, 2.45) is 5.92 Å². The first-order valence-electron chi connectivity index (χ1n) is 4.50. The van der Waals surface area contributed by atoms with Crippen molar-refractivity contribution in [3.8, 4) is 5.75 Å². The van der Waals surface area contributed by atoms with Crippen molar-refractivity contribution in [3.63, 3.8) is 0 Å². The summed E-state index contributed by atoms with van der Waals surface area (Å²) in [7, 11) is 0. The van der Waals surface area contributed by atoms with Crippen molar-refractivity contribution in [3.05, 3.63) is 29.8 Å². The van der Waals surface area contributed by atoms with Gasteiger partial charge in [0.15, 0.2) is 17.5 Å². The summed E-state index contributed by atoms with van der Waals surface area (Å²) in [5, 5.41) is 18.1. The predicted molar refractivity (Wildman–Crippen MR) is 60.0 cm³/mol. The summed E-state index contributed by atoms with van der Waals surface area (Å²) in [5.74, 6) is -5.27. The summed E-state index contributed by atoms with van der Waals surface area (Å²) in [6, 6.07) is 5.50. The van der Waals surface area contributed by atoms with Crippen LogP contribution in [0.25, 0.3) is 0 Å². The van der Waals surface area contributed by atoms with Crippen LogP contribution in [-0.4, -0.2) is 57.3 Å². The van der Waals surface area contributed by atoms with Gasteiger partial charge in [-0.15, -0.1) is 0 Å². The van der Waals surface area contributed by atoms with E-state index in [4.69, 9.17) is 5.11 Å². The second kappa shape index (κ2) is 6.54. The first-order valence-corrected chi connectivity index (χ1v) is 4.50. The van der Waals surface area contributed by atoms with Crippen molar-refractivity contribution in [1.29, 1.82) is 0 Å². The molecule has 1 unspecified atom stereocenters. The van der Waals surface area contributed by atoms with Crippen LogP contribution in [0.1, 0.15) is 17.3 Å². The number of benzene rings is 1. The fraction of sp³-hybridized carbons (Fsp3) is 0.182. The number of ketones is 2. The molecular formula is C11H10NaO5. The Morgan fingerprint density at radius 3 is 2.12 bits per heavy atom. The Kier molecular flexibility index (Phi) is 6.09. The maximum Gasteiger partial charge on any atom is 0.322 e. The molecule has 1 atom stereocenters. The molecule has 0 aliphatic heterocycles. The van der Waals surface area contributed by atoms with Gasteiger partial charge in [-0.05, 0) is 19.1 Å². The van der Waals surface area contributed by atoms with Crippen LogP contribution < -0.4 is 0 Å². The van der Waals surface area contributed by atoms with Crippen molar-refractivity contribution < 1.29 is 24.6 Å². The van der Waals surface area contributed by atoms with Gasteiger partial charge in [-0.2, -0.15) is 0 Å². The van der Waals surface area contributed by atoms with Gasteiger partial charge in [-0.25, -0.2) is 0 Å². The summed E-state index contributed by atoms with van der Waals surface area (Å²) in [6.07, 6.45) is 0. The Labute approximate surface area is 120 Å². The molecule has 1 radical (unpaired) electrons. The van der Waals surface area contributed by atoms with E-state index in [2.05, 4.69) is 0 Å². The zero-order chi connectivity index (χ0) is 12.3. The number of carboxylic acids is 1. The van der Waals surface area contributed by atoms with E-state index in [0.29, 0.717) is 0 Å². The van der Waals surface area contributed by atoms with Crippen LogP contribution in [0, 0.1) is 5.92 Å². The van der Waals surface area contributed by atoms with Crippen LogP contribution in [-0.2, 0) is 9.59 Å². The minimum absolute atomic E-state index is 0. The van der Waals surface area contributed by atoms with Gasteiger partial charge in [-0.1, -0.05) is 12.1 Å². The molecule has 85 valence electrons. The molecule has 0 saturated heterocycles. The maximum absolute atomic E-state index is 11.7. The molecule has 0 bridgehead atoms. The van der Waals surface area contributed by atoms with Crippen molar-refractivity contribution in [2.75, 3.05) is 0 Å². The number of phenolic OH excluding ortho intramolecular Hbond substituents is 1. The molecule has 0 fully saturated rings. The van der Waals surface area contributed by atoms with Gasteiger partial charge in [0.05, 0.1) is 5.56 Å². The quantitative estimate of drug-likeness (QED) is 0.457. The second-order valence-corrected chi connectivity index (χ2v) is 3.26. The number of hydrogen-bond acceptors (Lipinski definition) is 4. The molecule has 1 rings (SSSR count). The van der Waals surface area contributed by atoms with Gasteiger partial charge in [0.2, 0.25) is 0 Å². The fourth-order valence-corrected chi connectivity index (χ4v) is 1.31. The van der Waals surface area contributed by atoms with Gasteiger partial charge in [0, 0.05) is 29.6 Å².